The van der Waals surface area contributed by atoms with E-state index < -0.39 is 33.2 Å². The third-order valence-corrected chi connectivity index (χ3v) is 6.48. The van der Waals surface area contributed by atoms with Gasteiger partial charge >= 0.3 is 5.97 Å². The summed E-state index contributed by atoms with van der Waals surface area (Å²) in [5.74, 6) is -1.08. The molecule has 0 fully saturated rings. The molecule has 35 heavy (non-hydrogen) atoms. The minimum atomic E-state index is -4.18. The Morgan fingerprint density at radius 1 is 0.971 bits per heavy atom. The number of aldehydes is 1. The van der Waals surface area contributed by atoms with Gasteiger partial charge in [0.25, 0.3) is 10.0 Å². The van der Waals surface area contributed by atoms with E-state index >= 15 is 0 Å². The molecule has 0 saturated carbocycles. The minimum Gasteiger partial charge on any atom is -0.426 e. The number of sulfonamides is 1. The lowest BCUT2D eigenvalue weighted by Gasteiger charge is -2.21. The highest BCUT2D eigenvalue weighted by molar-refractivity contribution is 7.92. The SMILES string of the molecule is CC(C)(C)C(=O)Oc1ccc(S(=O)(=O)Nc2ccccc2C=O)cc1C(N)C(=O)c1ccccc1. The molecule has 0 aliphatic rings. The first-order chi connectivity index (χ1) is 16.4. The number of para-hydroxylation sites is 1. The van der Waals surface area contributed by atoms with E-state index in [0.29, 0.717) is 11.8 Å². The van der Waals surface area contributed by atoms with Crippen molar-refractivity contribution in [2.24, 2.45) is 11.1 Å². The molecule has 8 nitrogen and oxygen atoms in total. The summed E-state index contributed by atoms with van der Waals surface area (Å²) in [6.07, 6.45) is 0.534. The molecule has 0 heterocycles. The Kier molecular flexibility index (Phi) is 7.52. The van der Waals surface area contributed by atoms with Crippen molar-refractivity contribution in [3.05, 3.63) is 89.5 Å². The summed E-state index contributed by atoms with van der Waals surface area (Å²) in [4.78, 5) is 36.6. The van der Waals surface area contributed by atoms with Gasteiger partial charge in [-0.25, -0.2) is 8.42 Å². The maximum Gasteiger partial charge on any atom is 0.316 e. The summed E-state index contributed by atoms with van der Waals surface area (Å²) in [5.41, 5.74) is 6.01. The Bertz CT molecular complexity index is 1360. The molecule has 0 radical (unpaired) electrons. The van der Waals surface area contributed by atoms with Crippen LogP contribution in [0.5, 0.6) is 5.75 Å². The molecule has 0 saturated heterocycles. The number of carbonyl (C=O) groups is 3. The fraction of sp³-hybridized carbons (Fsp3) is 0.192. The number of anilines is 1. The molecule has 1 atom stereocenters. The monoisotopic (exact) mass is 494 g/mol. The highest BCUT2D eigenvalue weighted by atomic mass is 32.2. The maximum atomic E-state index is 13.1. The Morgan fingerprint density at radius 2 is 1.60 bits per heavy atom. The van der Waals surface area contributed by atoms with Crippen LogP contribution in [0.2, 0.25) is 0 Å². The van der Waals surface area contributed by atoms with Crippen molar-refractivity contribution in [1.82, 2.24) is 0 Å². The van der Waals surface area contributed by atoms with E-state index in [4.69, 9.17) is 10.5 Å². The molecule has 0 bridgehead atoms. The Labute approximate surface area is 204 Å². The molecule has 1 unspecified atom stereocenters. The van der Waals surface area contributed by atoms with Crippen molar-refractivity contribution in [3.8, 4) is 5.75 Å². The van der Waals surface area contributed by atoms with Crippen LogP contribution >= 0.6 is 0 Å². The van der Waals surface area contributed by atoms with Gasteiger partial charge in [-0.1, -0.05) is 42.5 Å². The predicted octanol–water partition coefficient (Wildman–Crippen LogP) is 4.13. The Morgan fingerprint density at radius 3 is 2.23 bits per heavy atom. The summed E-state index contributed by atoms with van der Waals surface area (Å²) in [6, 6.07) is 16.8. The smallest absolute Gasteiger partial charge is 0.316 e. The number of nitrogens with two attached hydrogens (primary N) is 1. The molecule has 3 rings (SSSR count). The number of benzene rings is 3. The molecule has 3 N–H and O–H groups in total. The summed E-state index contributed by atoms with van der Waals surface area (Å²) >= 11 is 0. The van der Waals surface area contributed by atoms with Crippen molar-refractivity contribution in [1.29, 1.82) is 0 Å². The average molecular weight is 495 g/mol. The maximum absolute atomic E-state index is 13.1. The van der Waals surface area contributed by atoms with E-state index in [1.165, 1.54) is 30.3 Å². The minimum absolute atomic E-state index is 0.0195. The van der Waals surface area contributed by atoms with Gasteiger partial charge in [-0.3, -0.25) is 19.1 Å². The molecule has 0 spiro atoms. The summed E-state index contributed by atoms with van der Waals surface area (Å²) < 4.78 is 34.1. The third kappa shape index (κ3) is 6.00. The van der Waals surface area contributed by atoms with E-state index in [9.17, 15) is 22.8 Å². The number of rotatable bonds is 8. The largest absolute Gasteiger partial charge is 0.426 e. The quantitative estimate of drug-likeness (QED) is 0.208. The normalized spacial score (nSPS) is 12.5. The number of hydrogen-bond acceptors (Lipinski definition) is 7. The van der Waals surface area contributed by atoms with Gasteiger partial charge < -0.3 is 10.5 Å². The Balaban J connectivity index is 2.07. The van der Waals surface area contributed by atoms with Crippen molar-refractivity contribution in [2.45, 2.75) is 31.7 Å². The van der Waals surface area contributed by atoms with Gasteiger partial charge in [0.05, 0.1) is 22.0 Å². The molecule has 0 aliphatic carbocycles. The van der Waals surface area contributed by atoms with Gasteiger partial charge in [0.1, 0.15) is 5.75 Å². The van der Waals surface area contributed by atoms with Crippen molar-refractivity contribution < 1.29 is 27.5 Å². The molecule has 0 aliphatic heterocycles. The van der Waals surface area contributed by atoms with Crippen molar-refractivity contribution >= 4 is 33.7 Å². The van der Waals surface area contributed by atoms with Crippen LogP contribution in [-0.2, 0) is 14.8 Å². The predicted molar refractivity (Wildman–Crippen MR) is 132 cm³/mol. The van der Waals surface area contributed by atoms with Gasteiger partial charge in [0.2, 0.25) is 0 Å². The van der Waals surface area contributed by atoms with Crippen LogP contribution in [0.25, 0.3) is 0 Å². The van der Waals surface area contributed by atoms with Crippen LogP contribution in [0.1, 0.15) is 53.1 Å². The second kappa shape index (κ2) is 10.2. The number of carbonyl (C=O) groups excluding carboxylic acids is 3. The zero-order chi connectivity index (χ0) is 25.8. The summed E-state index contributed by atoms with van der Waals surface area (Å²) in [7, 11) is -4.18. The molecular formula is C26H26N2O6S. The van der Waals surface area contributed by atoms with Crippen LogP contribution in [-0.4, -0.2) is 26.5 Å². The number of ether oxygens (including phenoxy) is 1. The van der Waals surface area contributed by atoms with E-state index in [1.807, 2.05) is 0 Å². The standard InChI is InChI=1S/C26H26N2O6S/c1-26(2,3)25(31)34-22-14-13-19(35(32,33)28-21-12-8-7-11-18(21)16-29)15-20(22)23(27)24(30)17-9-5-4-6-10-17/h4-16,23,28H,27H2,1-3H3. The van der Waals surface area contributed by atoms with E-state index in [0.717, 1.165) is 0 Å². The number of nitrogens with one attached hydrogen (secondary N) is 1. The number of ketones is 1. The van der Waals surface area contributed by atoms with Crippen molar-refractivity contribution in [2.75, 3.05) is 4.72 Å². The van der Waals surface area contributed by atoms with E-state index in [-0.39, 0.29) is 27.5 Å². The number of hydrogen-bond donors (Lipinski definition) is 2. The van der Waals surface area contributed by atoms with Crippen LogP contribution in [0, 0.1) is 5.41 Å². The first kappa shape index (κ1) is 25.8. The number of Topliss-reactive ketones (excluding diaryl/α,β-unsaturated/α-hetero) is 1. The van der Waals surface area contributed by atoms with Gasteiger partial charge in [-0.15, -0.1) is 0 Å². The molecule has 182 valence electrons. The van der Waals surface area contributed by atoms with Crippen molar-refractivity contribution in [3.63, 3.8) is 0 Å². The first-order valence-corrected chi connectivity index (χ1v) is 12.2. The highest BCUT2D eigenvalue weighted by Crippen LogP contribution is 2.32. The van der Waals surface area contributed by atoms with Gasteiger partial charge in [-0.05, 0) is 51.1 Å². The molecule has 9 heteroatoms. The summed E-state index contributed by atoms with van der Waals surface area (Å²) in [6.45, 7) is 4.99. The molecule has 3 aromatic rings. The Hall–Kier alpha value is -3.82. The fourth-order valence-electron chi connectivity index (χ4n) is 3.10. The summed E-state index contributed by atoms with van der Waals surface area (Å²) in [5, 5.41) is 0. The average Bonchev–Trinajstić information content (AvgIpc) is 2.83. The van der Waals surface area contributed by atoms with Gasteiger partial charge in [0, 0.05) is 16.7 Å². The highest BCUT2D eigenvalue weighted by Gasteiger charge is 2.29. The lowest BCUT2D eigenvalue weighted by atomic mass is 9.96. The molecule has 0 amide bonds. The number of esters is 1. The van der Waals surface area contributed by atoms with E-state index in [1.54, 1.807) is 63.2 Å². The first-order valence-electron chi connectivity index (χ1n) is 10.7. The molecule has 3 aromatic carbocycles. The lowest BCUT2D eigenvalue weighted by Crippen LogP contribution is -2.28. The third-order valence-electron chi connectivity index (χ3n) is 5.11. The topological polar surface area (TPSA) is 133 Å². The zero-order valence-electron chi connectivity index (χ0n) is 19.5. The van der Waals surface area contributed by atoms with Crippen LogP contribution in [0.15, 0.2) is 77.7 Å². The second-order valence-corrected chi connectivity index (χ2v) is 10.5. The molecule has 0 aromatic heterocycles. The van der Waals surface area contributed by atoms with Crippen LogP contribution in [0.3, 0.4) is 0 Å². The van der Waals surface area contributed by atoms with Crippen LogP contribution < -0.4 is 15.2 Å². The lowest BCUT2D eigenvalue weighted by molar-refractivity contribution is -0.143. The second-order valence-electron chi connectivity index (χ2n) is 8.86. The van der Waals surface area contributed by atoms with Gasteiger partial charge in [-0.2, -0.15) is 0 Å². The fourth-order valence-corrected chi connectivity index (χ4v) is 4.22. The van der Waals surface area contributed by atoms with Gasteiger partial charge in [0.15, 0.2) is 12.1 Å². The van der Waals surface area contributed by atoms with Crippen LogP contribution in [0.4, 0.5) is 5.69 Å². The molecular weight excluding hydrogens is 468 g/mol. The zero-order valence-corrected chi connectivity index (χ0v) is 20.3. The van der Waals surface area contributed by atoms with E-state index in [2.05, 4.69) is 4.72 Å².